The van der Waals surface area contributed by atoms with Crippen molar-refractivity contribution in [3.8, 4) is 0 Å². The number of nitrogens with zero attached hydrogens (tertiary/aromatic N) is 2. The van der Waals surface area contributed by atoms with Crippen molar-refractivity contribution in [3.05, 3.63) is 35.4 Å². The summed E-state index contributed by atoms with van der Waals surface area (Å²) in [5, 5.41) is 4.11. The van der Waals surface area contributed by atoms with Gasteiger partial charge in [-0.25, -0.2) is 0 Å². The molecule has 1 amide bonds. The Kier molecular flexibility index (Phi) is 3.68. The number of nitrogen functional groups attached to an aromatic ring is 1. The Morgan fingerprint density at radius 3 is 2.86 bits per heavy atom. The van der Waals surface area contributed by atoms with Crippen molar-refractivity contribution in [2.24, 2.45) is 0 Å². The Hall–Kier alpha value is -2.24. The van der Waals surface area contributed by atoms with Crippen LogP contribution in [-0.4, -0.2) is 29.1 Å². The molecule has 21 heavy (non-hydrogen) atoms. The second-order valence-corrected chi connectivity index (χ2v) is 5.31. The highest BCUT2D eigenvalue weighted by Crippen LogP contribution is 2.32. The highest BCUT2D eigenvalue weighted by Gasteiger charge is 2.29. The van der Waals surface area contributed by atoms with Gasteiger partial charge < -0.3 is 19.6 Å². The number of amides is 1. The standard InChI is InChI=1S/C15H19N3O3/c1-2-11-13(17-21-14(11)16)10-5-7-18(8-6-10)15(19)12-4-3-9-20-12/h3-4,9-10H,2,5-8,16H2,1H3. The highest BCUT2D eigenvalue weighted by molar-refractivity contribution is 5.91. The number of nitrogens with two attached hydrogens (primary N) is 1. The fraction of sp³-hybridized carbons (Fsp3) is 0.467. The molecule has 1 saturated heterocycles. The zero-order chi connectivity index (χ0) is 14.8. The number of rotatable bonds is 3. The third-order valence-electron chi connectivity index (χ3n) is 4.10. The van der Waals surface area contributed by atoms with Crippen LogP contribution in [0, 0.1) is 0 Å². The van der Waals surface area contributed by atoms with E-state index in [4.69, 9.17) is 14.7 Å². The molecular formula is C15H19N3O3. The van der Waals surface area contributed by atoms with E-state index in [1.165, 1.54) is 6.26 Å². The molecule has 1 aliphatic heterocycles. The fourth-order valence-electron chi connectivity index (χ4n) is 2.92. The van der Waals surface area contributed by atoms with Crippen LogP contribution in [0.4, 0.5) is 5.88 Å². The number of anilines is 1. The fourth-order valence-corrected chi connectivity index (χ4v) is 2.92. The van der Waals surface area contributed by atoms with Gasteiger partial charge in [-0.05, 0) is 31.4 Å². The van der Waals surface area contributed by atoms with Crippen molar-refractivity contribution >= 4 is 11.8 Å². The molecule has 6 heteroatoms. The summed E-state index contributed by atoms with van der Waals surface area (Å²) in [6.45, 7) is 3.43. The van der Waals surface area contributed by atoms with E-state index in [2.05, 4.69) is 5.16 Å². The molecule has 1 fully saturated rings. The summed E-state index contributed by atoms with van der Waals surface area (Å²) >= 11 is 0. The van der Waals surface area contributed by atoms with Crippen LogP contribution in [0.25, 0.3) is 0 Å². The van der Waals surface area contributed by atoms with Gasteiger partial charge in [0.05, 0.1) is 12.0 Å². The molecule has 3 heterocycles. The van der Waals surface area contributed by atoms with Gasteiger partial charge in [0.1, 0.15) is 0 Å². The normalized spacial score (nSPS) is 16.3. The third-order valence-corrected chi connectivity index (χ3v) is 4.10. The summed E-state index contributed by atoms with van der Waals surface area (Å²) in [6.07, 6.45) is 4.07. The van der Waals surface area contributed by atoms with Crippen LogP contribution in [0.3, 0.4) is 0 Å². The maximum absolute atomic E-state index is 12.2. The van der Waals surface area contributed by atoms with Gasteiger partial charge in [0.25, 0.3) is 5.91 Å². The SMILES string of the molecule is CCc1c(C2CCN(C(=O)c3ccco3)CC2)noc1N. The lowest BCUT2D eigenvalue weighted by Gasteiger charge is -2.30. The zero-order valence-electron chi connectivity index (χ0n) is 12.0. The van der Waals surface area contributed by atoms with Crippen LogP contribution in [0.15, 0.2) is 27.3 Å². The van der Waals surface area contributed by atoms with Crippen LogP contribution in [-0.2, 0) is 6.42 Å². The third kappa shape index (κ3) is 2.53. The van der Waals surface area contributed by atoms with Crippen molar-refractivity contribution in [1.29, 1.82) is 0 Å². The predicted molar refractivity (Wildman–Crippen MR) is 76.9 cm³/mol. The number of hydrogen-bond donors (Lipinski definition) is 1. The van der Waals surface area contributed by atoms with Crippen LogP contribution in [0.2, 0.25) is 0 Å². The van der Waals surface area contributed by atoms with Crippen LogP contribution >= 0.6 is 0 Å². The second kappa shape index (κ2) is 5.63. The van der Waals surface area contributed by atoms with Crippen molar-refractivity contribution in [3.63, 3.8) is 0 Å². The molecule has 0 aliphatic carbocycles. The van der Waals surface area contributed by atoms with E-state index < -0.39 is 0 Å². The monoisotopic (exact) mass is 289 g/mol. The molecule has 6 nitrogen and oxygen atoms in total. The lowest BCUT2D eigenvalue weighted by atomic mass is 9.90. The van der Waals surface area contributed by atoms with Crippen LogP contribution < -0.4 is 5.73 Å². The Balaban J connectivity index is 1.66. The molecule has 0 spiro atoms. The molecule has 0 atom stereocenters. The van der Waals surface area contributed by atoms with Gasteiger partial charge in [-0.1, -0.05) is 12.1 Å². The van der Waals surface area contributed by atoms with Crippen molar-refractivity contribution in [2.45, 2.75) is 32.1 Å². The van der Waals surface area contributed by atoms with Gasteiger partial charge in [-0.2, -0.15) is 0 Å². The van der Waals surface area contributed by atoms with Gasteiger partial charge in [0, 0.05) is 24.6 Å². The van der Waals surface area contributed by atoms with E-state index >= 15 is 0 Å². The van der Waals surface area contributed by atoms with Gasteiger partial charge in [-0.15, -0.1) is 0 Å². The Bertz CT molecular complexity index is 610. The molecule has 2 N–H and O–H groups in total. The number of hydrogen-bond acceptors (Lipinski definition) is 5. The molecule has 0 saturated carbocycles. The Morgan fingerprint density at radius 1 is 1.48 bits per heavy atom. The van der Waals surface area contributed by atoms with E-state index in [-0.39, 0.29) is 5.91 Å². The quantitative estimate of drug-likeness (QED) is 0.938. The summed E-state index contributed by atoms with van der Waals surface area (Å²) in [4.78, 5) is 14.0. The van der Waals surface area contributed by atoms with E-state index in [0.717, 1.165) is 30.5 Å². The molecular weight excluding hydrogens is 270 g/mol. The summed E-state index contributed by atoms with van der Waals surface area (Å²) in [5.41, 5.74) is 7.76. The number of furan rings is 1. The van der Waals surface area contributed by atoms with E-state index in [9.17, 15) is 4.79 Å². The number of aromatic nitrogens is 1. The molecule has 2 aromatic heterocycles. The first-order valence-corrected chi connectivity index (χ1v) is 7.27. The lowest BCUT2D eigenvalue weighted by Crippen LogP contribution is -2.37. The van der Waals surface area contributed by atoms with Crippen molar-refractivity contribution in [2.75, 3.05) is 18.8 Å². The number of carbonyl (C=O) groups excluding carboxylic acids is 1. The summed E-state index contributed by atoms with van der Waals surface area (Å²) in [7, 11) is 0. The first kappa shape index (κ1) is 13.7. The average Bonchev–Trinajstić information content (AvgIpc) is 3.16. The lowest BCUT2D eigenvalue weighted by molar-refractivity contribution is 0.0679. The molecule has 2 aromatic rings. The second-order valence-electron chi connectivity index (χ2n) is 5.31. The smallest absolute Gasteiger partial charge is 0.289 e. The van der Waals surface area contributed by atoms with E-state index in [1.807, 2.05) is 11.8 Å². The first-order valence-electron chi connectivity index (χ1n) is 7.27. The minimum atomic E-state index is -0.0474. The van der Waals surface area contributed by atoms with Gasteiger partial charge >= 0.3 is 0 Å². The predicted octanol–water partition coefficient (Wildman–Crippen LogP) is 2.43. The number of piperidine rings is 1. The minimum Gasteiger partial charge on any atom is -0.459 e. The average molecular weight is 289 g/mol. The molecule has 112 valence electrons. The Morgan fingerprint density at radius 2 is 2.24 bits per heavy atom. The van der Waals surface area contributed by atoms with Gasteiger partial charge in [0.15, 0.2) is 5.76 Å². The zero-order valence-corrected chi connectivity index (χ0v) is 12.0. The van der Waals surface area contributed by atoms with Gasteiger partial charge in [0.2, 0.25) is 5.88 Å². The largest absolute Gasteiger partial charge is 0.459 e. The summed E-state index contributed by atoms with van der Waals surface area (Å²) in [5.74, 6) is 1.07. The van der Waals surface area contributed by atoms with E-state index in [1.54, 1.807) is 12.1 Å². The molecule has 0 radical (unpaired) electrons. The van der Waals surface area contributed by atoms with Crippen molar-refractivity contribution < 1.29 is 13.7 Å². The van der Waals surface area contributed by atoms with Crippen molar-refractivity contribution in [1.82, 2.24) is 10.1 Å². The molecule has 0 aromatic carbocycles. The summed E-state index contributed by atoms with van der Waals surface area (Å²) < 4.78 is 10.3. The minimum absolute atomic E-state index is 0.0474. The maximum atomic E-state index is 12.2. The Labute approximate surface area is 122 Å². The van der Waals surface area contributed by atoms with Gasteiger partial charge in [-0.3, -0.25) is 4.79 Å². The summed E-state index contributed by atoms with van der Waals surface area (Å²) in [6, 6.07) is 3.42. The molecule has 3 rings (SSSR count). The topological polar surface area (TPSA) is 85.5 Å². The molecule has 1 aliphatic rings. The maximum Gasteiger partial charge on any atom is 0.289 e. The van der Waals surface area contributed by atoms with Crippen LogP contribution in [0.5, 0.6) is 0 Å². The first-order chi connectivity index (χ1) is 10.2. The number of carbonyl (C=O) groups is 1. The molecule has 0 unspecified atom stereocenters. The van der Waals surface area contributed by atoms with E-state index in [0.29, 0.717) is 30.7 Å². The van der Waals surface area contributed by atoms with Crippen LogP contribution in [0.1, 0.15) is 47.5 Å². The molecule has 0 bridgehead atoms. The number of likely N-dealkylation sites (tertiary alicyclic amines) is 1. The highest BCUT2D eigenvalue weighted by atomic mass is 16.5.